The molecule has 2 aromatic rings. The number of pyridine rings is 1. The Morgan fingerprint density at radius 2 is 2.12 bits per heavy atom. The van der Waals surface area contributed by atoms with Gasteiger partial charge in [-0.25, -0.2) is 4.68 Å². The second-order valence-corrected chi connectivity index (χ2v) is 5.46. The Morgan fingerprint density at radius 1 is 1.36 bits per heavy atom. The van der Waals surface area contributed by atoms with Gasteiger partial charge in [0.2, 0.25) is 0 Å². The van der Waals surface area contributed by atoms with E-state index in [1.54, 1.807) is 31.6 Å². The minimum absolute atomic E-state index is 0.497. The second-order valence-electron chi connectivity index (χ2n) is 5.46. The van der Waals surface area contributed by atoms with Crippen LogP contribution in [0.2, 0.25) is 0 Å². The number of hydrogen-bond donors (Lipinski definition) is 1. The van der Waals surface area contributed by atoms with Gasteiger partial charge in [-0.1, -0.05) is 0 Å². The molecule has 1 aliphatic rings. The zero-order chi connectivity index (χ0) is 18.2. The quantitative estimate of drug-likeness (QED) is 0.909. The van der Waals surface area contributed by atoms with Crippen LogP contribution in [0.15, 0.2) is 49.2 Å². The Hall–Kier alpha value is -3.04. The number of carbonyl (C=O) groups excluding carboxylic acids is 1. The van der Waals surface area contributed by atoms with E-state index in [-0.39, 0.29) is 0 Å². The van der Waals surface area contributed by atoms with E-state index in [2.05, 4.69) is 15.4 Å². The molecule has 1 N–H and O–H groups in total. The molecule has 10 heteroatoms. The van der Waals surface area contributed by atoms with Crippen molar-refractivity contribution in [3.63, 3.8) is 0 Å². The number of nitrogens with zero attached hydrogens (tertiary/aromatic N) is 5. The van der Waals surface area contributed by atoms with Crippen LogP contribution < -0.4 is 10.2 Å². The molecule has 0 spiro atoms. The van der Waals surface area contributed by atoms with Crippen molar-refractivity contribution in [3.8, 4) is 0 Å². The predicted octanol–water partition coefficient (Wildman–Crippen LogP) is 1.58. The van der Waals surface area contributed by atoms with Crippen LogP contribution >= 0.6 is 0 Å². The van der Waals surface area contributed by atoms with E-state index in [1.165, 1.54) is 29.2 Å². The largest absolute Gasteiger partial charge is 0.435 e. The molecule has 25 heavy (non-hydrogen) atoms. The SMILES string of the molecule is CN(C(=O)C1(n2ccc(C(F)(F)F)n2)NC=CN1C)c1cccnc1. The summed E-state index contributed by atoms with van der Waals surface area (Å²) in [5, 5.41) is 6.39. The summed E-state index contributed by atoms with van der Waals surface area (Å²) >= 11 is 0. The lowest BCUT2D eigenvalue weighted by Crippen LogP contribution is -2.62. The van der Waals surface area contributed by atoms with E-state index >= 15 is 0 Å². The van der Waals surface area contributed by atoms with Gasteiger partial charge in [0.15, 0.2) is 5.69 Å². The normalized spacial score (nSPS) is 19.8. The maximum absolute atomic E-state index is 13.1. The van der Waals surface area contributed by atoms with Gasteiger partial charge in [-0.3, -0.25) is 9.78 Å². The maximum atomic E-state index is 13.1. The maximum Gasteiger partial charge on any atom is 0.435 e. The highest BCUT2D eigenvalue weighted by Gasteiger charge is 2.49. The van der Waals surface area contributed by atoms with Crippen LogP contribution in [0.5, 0.6) is 0 Å². The first-order valence-corrected chi connectivity index (χ1v) is 7.25. The number of hydrogen-bond acceptors (Lipinski definition) is 5. The average Bonchev–Trinajstić information content (AvgIpc) is 3.21. The van der Waals surface area contributed by atoms with Gasteiger partial charge in [-0.05, 0) is 18.2 Å². The summed E-state index contributed by atoms with van der Waals surface area (Å²) in [6.07, 6.45) is 2.58. The molecule has 1 aliphatic heterocycles. The number of alkyl halides is 3. The van der Waals surface area contributed by atoms with Crippen molar-refractivity contribution in [1.29, 1.82) is 0 Å². The molecular formula is C15H15F3N6O. The molecule has 2 aromatic heterocycles. The fourth-order valence-electron chi connectivity index (χ4n) is 2.57. The lowest BCUT2D eigenvalue weighted by molar-refractivity contribution is -0.144. The minimum atomic E-state index is -4.60. The van der Waals surface area contributed by atoms with Gasteiger partial charge in [-0.2, -0.15) is 18.3 Å². The topological polar surface area (TPSA) is 66.3 Å². The molecule has 1 atom stereocenters. The first kappa shape index (κ1) is 16.8. The molecule has 0 saturated heterocycles. The number of amides is 1. The van der Waals surface area contributed by atoms with Crippen molar-refractivity contribution >= 4 is 11.6 Å². The van der Waals surface area contributed by atoms with Crippen molar-refractivity contribution in [1.82, 2.24) is 25.0 Å². The van der Waals surface area contributed by atoms with Gasteiger partial charge in [0, 0.05) is 38.9 Å². The summed E-state index contributed by atoms with van der Waals surface area (Å²) in [4.78, 5) is 19.9. The molecule has 0 aliphatic carbocycles. The fourth-order valence-corrected chi connectivity index (χ4v) is 2.57. The minimum Gasteiger partial charge on any atom is -0.341 e. The monoisotopic (exact) mass is 352 g/mol. The zero-order valence-corrected chi connectivity index (χ0v) is 13.4. The van der Waals surface area contributed by atoms with Crippen LogP contribution in [0, 0.1) is 0 Å². The van der Waals surface area contributed by atoms with Crippen molar-refractivity contribution in [2.24, 2.45) is 0 Å². The Morgan fingerprint density at radius 3 is 2.64 bits per heavy atom. The third-order valence-corrected chi connectivity index (χ3v) is 3.94. The Kier molecular flexibility index (Phi) is 3.90. The van der Waals surface area contributed by atoms with Gasteiger partial charge in [0.05, 0.1) is 11.9 Å². The highest BCUT2D eigenvalue weighted by molar-refractivity contribution is 5.98. The smallest absolute Gasteiger partial charge is 0.341 e. The second kappa shape index (κ2) is 5.80. The van der Waals surface area contributed by atoms with E-state index in [9.17, 15) is 18.0 Å². The molecule has 1 amide bonds. The van der Waals surface area contributed by atoms with Gasteiger partial charge in [0.25, 0.3) is 11.7 Å². The Balaban J connectivity index is 2.03. The first-order valence-electron chi connectivity index (χ1n) is 7.25. The molecule has 1 unspecified atom stereocenters. The number of rotatable bonds is 3. The molecule has 0 bridgehead atoms. The lowest BCUT2D eigenvalue weighted by atomic mass is 10.2. The Bertz CT molecular complexity index is 803. The van der Waals surface area contributed by atoms with E-state index in [0.29, 0.717) is 5.69 Å². The van der Waals surface area contributed by atoms with Crippen LogP contribution in [-0.4, -0.2) is 39.7 Å². The molecule has 3 heterocycles. The molecule has 132 valence electrons. The molecule has 0 fully saturated rings. The molecule has 7 nitrogen and oxygen atoms in total. The number of halogens is 3. The summed E-state index contributed by atoms with van der Waals surface area (Å²) in [5.74, 6) is -2.17. The predicted molar refractivity (Wildman–Crippen MR) is 82.9 cm³/mol. The number of carbonyl (C=O) groups is 1. The molecule has 0 radical (unpaired) electrons. The number of aromatic nitrogens is 3. The fraction of sp³-hybridized carbons (Fsp3) is 0.267. The standard InChI is InChI=1S/C15H15F3N6O/c1-22-9-7-20-15(22,24-8-5-12(21-24)14(16,17)18)13(25)23(2)11-4-3-6-19-10-11/h3-10,20H,1-2H3. The summed E-state index contributed by atoms with van der Waals surface area (Å²) in [6.45, 7) is 0. The third kappa shape index (κ3) is 2.69. The highest BCUT2D eigenvalue weighted by atomic mass is 19.4. The van der Waals surface area contributed by atoms with E-state index in [1.807, 2.05) is 0 Å². The molecule has 0 aromatic carbocycles. The number of likely N-dealkylation sites (N-methyl/N-ethyl adjacent to an activating group) is 2. The average molecular weight is 352 g/mol. The first-order chi connectivity index (χ1) is 11.8. The van der Waals surface area contributed by atoms with Gasteiger partial charge >= 0.3 is 6.18 Å². The molecule has 3 rings (SSSR count). The summed E-state index contributed by atoms with van der Waals surface area (Å²) in [5.41, 5.74) is -0.581. The molecular weight excluding hydrogens is 337 g/mol. The van der Waals surface area contributed by atoms with Gasteiger partial charge in [-0.15, -0.1) is 0 Å². The van der Waals surface area contributed by atoms with Gasteiger partial charge in [0.1, 0.15) is 0 Å². The van der Waals surface area contributed by atoms with Crippen molar-refractivity contribution in [2.75, 3.05) is 19.0 Å². The van der Waals surface area contributed by atoms with Crippen LogP contribution in [0.25, 0.3) is 0 Å². The lowest BCUT2D eigenvalue weighted by Gasteiger charge is -2.38. The summed E-state index contributed by atoms with van der Waals surface area (Å²) in [7, 11) is 3.09. The van der Waals surface area contributed by atoms with Crippen molar-refractivity contribution in [2.45, 2.75) is 12.0 Å². The zero-order valence-electron chi connectivity index (χ0n) is 13.4. The van der Waals surface area contributed by atoms with E-state index in [0.717, 1.165) is 16.9 Å². The van der Waals surface area contributed by atoms with Crippen LogP contribution in [0.4, 0.5) is 18.9 Å². The van der Waals surface area contributed by atoms with Gasteiger partial charge < -0.3 is 15.1 Å². The highest BCUT2D eigenvalue weighted by Crippen LogP contribution is 2.31. The van der Waals surface area contributed by atoms with Crippen molar-refractivity contribution < 1.29 is 18.0 Å². The van der Waals surface area contributed by atoms with Crippen LogP contribution in [0.1, 0.15) is 5.69 Å². The number of anilines is 1. The number of nitrogens with one attached hydrogen (secondary N) is 1. The van der Waals surface area contributed by atoms with E-state index < -0.39 is 23.6 Å². The summed E-state index contributed by atoms with van der Waals surface area (Å²) < 4.78 is 39.7. The van der Waals surface area contributed by atoms with Crippen LogP contribution in [0.3, 0.4) is 0 Å². The summed E-state index contributed by atoms with van der Waals surface area (Å²) in [6, 6.07) is 4.16. The van der Waals surface area contributed by atoms with Crippen molar-refractivity contribution in [3.05, 3.63) is 54.9 Å². The Labute approximate surface area is 141 Å². The van der Waals surface area contributed by atoms with Crippen LogP contribution in [-0.2, 0) is 16.8 Å². The molecule has 0 saturated carbocycles. The third-order valence-electron chi connectivity index (χ3n) is 3.94. The van der Waals surface area contributed by atoms with E-state index in [4.69, 9.17) is 0 Å².